The maximum absolute atomic E-state index is 13.1. The molecule has 0 fully saturated rings. The first-order valence-electron chi connectivity index (χ1n) is 8.37. The zero-order valence-corrected chi connectivity index (χ0v) is 16.4. The second-order valence-electron chi connectivity index (χ2n) is 5.74. The Morgan fingerprint density at radius 1 is 1.07 bits per heavy atom. The summed E-state index contributed by atoms with van der Waals surface area (Å²) in [6.45, 7) is 1.39. The average Bonchev–Trinajstić information content (AvgIpc) is 2.62. The highest BCUT2D eigenvalue weighted by Gasteiger charge is 2.05. The van der Waals surface area contributed by atoms with Gasteiger partial charge in [-0.05, 0) is 35.4 Å². The fraction of sp³-hybridized carbons (Fsp3) is 0.263. The Kier molecular flexibility index (Phi) is 8.36. The number of halogens is 3. The molecule has 0 heterocycles. The Hall–Kier alpha value is -2.31. The van der Waals surface area contributed by atoms with Crippen LogP contribution >= 0.6 is 23.2 Å². The van der Waals surface area contributed by atoms with Crippen molar-refractivity contribution in [1.29, 1.82) is 0 Å². The molecule has 0 saturated carbocycles. The smallest absolute Gasteiger partial charge is 0.224 e. The predicted molar refractivity (Wildman–Crippen MR) is 108 cm³/mol. The van der Waals surface area contributed by atoms with E-state index in [9.17, 15) is 9.18 Å². The molecule has 0 aliphatic carbocycles. The van der Waals surface area contributed by atoms with Gasteiger partial charge in [0, 0.05) is 36.7 Å². The number of hydrogen-bond donors (Lipinski definition) is 3. The molecule has 0 aliphatic rings. The first kappa shape index (κ1) is 21.0. The molecule has 0 spiro atoms. The number of carbonyl (C=O) groups is 1. The molecule has 0 aromatic heterocycles. The maximum Gasteiger partial charge on any atom is 0.224 e. The van der Waals surface area contributed by atoms with Gasteiger partial charge in [0.2, 0.25) is 5.91 Å². The van der Waals surface area contributed by atoms with Crippen LogP contribution in [-0.2, 0) is 17.8 Å². The van der Waals surface area contributed by atoms with E-state index in [4.69, 9.17) is 23.2 Å². The molecular weight excluding hydrogens is 390 g/mol. The van der Waals surface area contributed by atoms with E-state index in [0.717, 1.165) is 5.56 Å². The molecule has 0 aliphatic heterocycles. The van der Waals surface area contributed by atoms with Crippen LogP contribution in [0.3, 0.4) is 0 Å². The van der Waals surface area contributed by atoms with Gasteiger partial charge in [0.25, 0.3) is 0 Å². The Morgan fingerprint density at radius 2 is 1.85 bits per heavy atom. The number of benzene rings is 2. The first-order valence-corrected chi connectivity index (χ1v) is 9.13. The molecule has 2 rings (SSSR count). The molecule has 5 nitrogen and oxygen atoms in total. The van der Waals surface area contributed by atoms with E-state index in [1.54, 1.807) is 31.3 Å². The van der Waals surface area contributed by atoms with Gasteiger partial charge in [-0.25, -0.2) is 4.39 Å². The molecule has 2 aromatic rings. The van der Waals surface area contributed by atoms with Crippen molar-refractivity contribution in [1.82, 2.24) is 16.0 Å². The van der Waals surface area contributed by atoms with E-state index < -0.39 is 0 Å². The molecule has 0 bridgehead atoms. The van der Waals surface area contributed by atoms with Gasteiger partial charge in [-0.3, -0.25) is 9.79 Å². The van der Waals surface area contributed by atoms with Crippen LogP contribution < -0.4 is 16.0 Å². The Labute approximate surface area is 168 Å². The summed E-state index contributed by atoms with van der Waals surface area (Å²) in [5, 5.41) is 10.2. The third-order valence-corrected chi connectivity index (χ3v) is 4.27. The molecular formula is C19H21Cl2FN4O. The number of carbonyl (C=O) groups excluding carboxylic acids is 1. The van der Waals surface area contributed by atoms with Gasteiger partial charge in [-0.1, -0.05) is 41.4 Å². The third-order valence-electron chi connectivity index (χ3n) is 3.68. The number of nitrogens with zero attached hydrogens (tertiary/aromatic N) is 1. The molecule has 27 heavy (non-hydrogen) atoms. The minimum Gasteiger partial charge on any atom is -0.355 e. The number of rotatable bonds is 7. The molecule has 1 amide bonds. The molecule has 0 atom stereocenters. The van der Waals surface area contributed by atoms with Crippen molar-refractivity contribution < 1.29 is 9.18 Å². The van der Waals surface area contributed by atoms with Crippen LogP contribution in [0.5, 0.6) is 0 Å². The van der Waals surface area contributed by atoms with Crippen molar-refractivity contribution in [2.45, 2.75) is 13.0 Å². The fourth-order valence-electron chi connectivity index (χ4n) is 2.34. The summed E-state index contributed by atoms with van der Waals surface area (Å²) < 4.78 is 13.1. The van der Waals surface area contributed by atoms with Gasteiger partial charge in [0.1, 0.15) is 5.82 Å². The SMILES string of the molecule is CN=C(NCCNC(=O)Cc1cccc(F)c1)NCc1ccc(Cl)cc1Cl. The normalized spacial score (nSPS) is 11.2. The van der Waals surface area contributed by atoms with Gasteiger partial charge >= 0.3 is 0 Å². The monoisotopic (exact) mass is 410 g/mol. The van der Waals surface area contributed by atoms with Gasteiger partial charge in [0.15, 0.2) is 5.96 Å². The fourth-order valence-corrected chi connectivity index (χ4v) is 2.82. The molecule has 0 saturated heterocycles. The van der Waals surface area contributed by atoms with E-state index >= 15 is 0 Å². The lowest BCUT2D eigenvalue weighted by Gasteiger charge is -2.13. The Bertz CT molecular complexity index is 814. The molecule has 2 aromatic carbocycles. The van der Waals surface area contributed by atoms with E-state index in [-0.39, 0.29) is 18.1 Å². The summed E-state index contributed by atoms with van der Waals surface area (Å²) in [5.41, 5.74) is 1.53. The Balaban J connectivity index is 1.69. The average molecular weight is 411 g/mol. The molecule has 144 valence electrons. The largest absolute Gasteiger partial charge is 0.355 e. The lowest BCUT2D eigenvalue weighted by atomic mass is 10.1. The summed E-state index contributed by atoms with van der Waals surface area (Å²) in [5.74, 6) is 0.0660. The standard InChI is InChI=1S/C19H21Cl2FN4O/c1-23-19(26-12-14-5-6-15(20)11-17(14)21)25-8-7-24-18(27)10-13-3-2-4-16(22)9-13/h2-6,9,11H,7-8,10,12H2,1H3,(H,24,27)(H2,23,25,26). The van der Waals surface area contributed by atoms with Crippen molar-refractivity contribution in [3.8, 4) is 0 Å². The van der Waals surface area contributed by atoms with Gasteiger partial charge < -0.3 is 16.0 Å². The minimum atomic E-state index is -0.349. The van der Waals surface area contributed by atoms with Crippen LogP contribution in [0.15, 0.2) is 47.5 Å². The third kappa shape index (κ3) is 7.45. The number of hydrogen-bond acceptors (Lipinski definition) is 2. The van der Waals surface area contributed by atoms with Crippen LogP contribution in [0, 0.1) is 5.82 Å². The van der Waals surface area contributed by atoms with E-state index in [1.807, 2.05) is 6.07 Å². The second-order valence-corrected chi connectivity index (χ2v) is 6.59. The van der Waals surface area contributed by atoms with Crippen molar-refractivity contribution in [3.63, 3.8) is 0 Å². The zero-order chi connectivity index (χ0) is 19.6. The summed E-state index contributed by atoms with van der Waals surface area (Å²) >= 11 is 12.0. The summed E-state index contributed by atoms with van der Waals surface area (Å²) in [4.78, 5) is 16.0. The van der Waals surface area contributed by atoms with Crippen LogP contribution in [0.25, 0.3) is 0 Å². The molecule has 0 unspecified atom stereocenters. The summed E-state index contributed by atoms with van der Waals surface area (Å²) in [6, 6.07) is 11.3. The quantitative estimate of drug-likeness (QED) is 0.373. The number of guanidine groups is 1. The first-order chi connectivity index (χ1) is 13.0. The van der Waals surface area contributed by atoms with Crippen molar-refractivity contribution >= 4 is 35.1 Å². The lowest BCUT2D eigenvalue weighted by Crippen LogP contribution is -2.41. The van der Waals surface area contributed by atoms with Crippen LogP contribution in [0.4, 0.5) is 4.39 Å². The molecule has 8 heteroatoms. The van der Waals surface area contributed by atoms with E-state index in [2.05, 4.69) is 20.9 Å². The summed E-state index contributed by atoms with van der Waals surface area (Å²) in [7, 11) is 1.65. The summed E-state index contributed by atoms with van der Waals surface area (Å²) in [6.07, 6.45) is 0.139. The number of nitrogens with one attached hydrogen (secondary N) is 3. The number of amides is 1. The maximum atomic E-state index is 13.1. The van der Waals surface area contributed by atoms with Crippen molar-refractivity contribution in [2.24, 2.45) is 4.99 Å². The lowest BCUT2D eigenvalue weighted by molar-refractivity contribution is -0.120. The highest BCUT2D eigenvalue weighted by molar-refractivity contribution is 6.35. The second kappa shape index (κ2) is 10.7. The minimum absolute atomic E-state index is 0.139. The topological polar surface area (TPSA) is 65.5 Å². The van der Waals surface area contributed by atoms with Crippen molar-refractivity contribution in [2.75, 3.05) is 20.1 Å². The van der Waals surface area contributed by atoms with Gasteiger partial charge in [0.05, 0.1) is 6.42 Å². The predicted octanol–water partition coefficient (Wildman–Crippen LogP) is 3.16. The zero-order valence-electron chi connectivity index (χ0n) is 14.9. The molecule has 0 radical (unpaired) electrons. The van der Waals surface area contributed by atoms with E-state index in [0.29, 0.717) is 41.2 Å². The van der Waals surface area contributed by atoms with Crippen molar-refractivity contribution in [3.05, 3.63) is 69.5 Å². The Morgan fingerprint density at radius 3 is 2.56 bits per heavy atom. The highest BCUT2D eigenvalue weighted by atomic mass is 35.5. The molecule has 3 N–H and O–H groups in total. The van der Waals surface area contributed by atoms with Crippen LogP contribution in [-0.4, -0.2) is 32.0 Å². The van der Waals surface area contributed by atoms with Crippen LogP contribution in [0.1, 0.15) is 11.1 Å². The van der Waals surface area contributed by atoms with E-state index in [1.165, 1.54) is 12.1 Å². The van der Waals surface area contributed by atoms with Gasteiger partial charge in [-0.15, -0.1) is 0 Å². The highest BCUT2D eigenvalue weighted by Crippen LogP contribution is 2.20. The van der Waals surface area contributed by atoms with Gasteiger partial charge in [-0.2, -0.15) is 0 Å². The number of aliphatic imine (C=N–C) groups is 1. The van der Waals surface area contributed by atoms with Crippen LogP contribution in [0.2, 0.25) is 10.0 Å².